The monoisotopic (exact) mass is 315 g/mol. The predicted octanol–water partition coefficient (Wildman–Crippen LogP) is 2.89. The summed E-state index contributed by atoms with van der Waals surface area (Å²) in [6, 6.07) is 0.229. The van der Waals surface area contributed by atoms with Crippen molar-refractivity contribution in [3.05, 3.63) is 16.4 Å². The normalized spacial score (nSPS) is 22.1. The highest BCUT2D eigenvalue weighted by molar-refractivity contribution is 9.10. The van der Waals surface area contributed by atoms with Gasteiger partial charge in [-0.1, -0.05) is 6.92 Å². The van der Waals surface area contributed by atoms with Gasteiger partial charge in [0, 0.05) is 13.2 Å². The number of hydrogen-bond donors (Lipinski definition) is 1. The van der Waals surface area contributed by atoms with Gasteiger partial charge < -0.3 is 10.1 Å². The van der Waals surface area contributed by atoms with Gasteiger partial charge in [-0.25, -0.2) is 0 Å². The van der Waals surface area contributed by atoms with Crippen LogP contribution in [0.15, 0.2) is 10.7 Å². The van der Waals surface area contributed by atoms with E-state index in [1.807, 2.05) is 6.20 Å². The van der Waals surface area contributed by atoms with E-state index in [1.165, 1.54) is 18.5 Å². The van der Waals surface area contributed by atoms with Gasteiger partial charge in [-0.05, 0) is 48.7 Å². The fraction of sp³-hybridized carbons (Fsp3) is 0.769. The van der Waals surface area contributed by atoms with Crippen molar-refractivity contribution in [2.24, 2.45) is 0 Å². The molecule has 1 aromatic rings. The summed E-state index contributed by atoms with van der Waals surface area (Å²) >= 11 is 3.62. The minimum atomic E-state index is 0.229. The molecule has 4 nitrogen and oxygen atoms in total. The van der Waals surface area contributed by atoms with Gasteiger partial charge >= 0.3 is 0 Å². The van der Waals surface area contributed by atoms with E-state index in [4.69, 9.17) is 4.74 Å². The van der Waals surface area contributed by atoms with Crippen molar-refractivity contribution in [2.75, 3.05) is 13.2 Å². The van der Waals surface area contributed by atoms with Crippen LogP contribution in [0.2, 0.25) is 0 Å². The molecular weight excluding hydrogens is 294 g/mol. The van der Waals surface area contributed by atoms with Gasteiger partial charge in [0.2, 0.25) is 0 Å². The number of nitrogens with one attached hydrogen (secondary N) is 1. The maximum atomic E-state index is 5.95. The van der Waals surface area contributed by atoms with Gasteiger partial charge in [-0.2, -0.15) is 5.10 Å². The van der Waals surface area contributed by atoms with Crippen LogP contribution in [0.4, 0.5) is 0 Å². The van der Waals surface area contributed by atoms with E-state index in [1.54, 1.807) is 0 Å². The molecule has 1 saturated heterocycles. The molecule has 2 rings (SSSR count). The molecule has 0 saturated carbocycles. The van der Waals surface area contributed by atoms with E-state index >= 15 is 0 Å². The van der Waals surface area contributed by atoms with Crippen LogP contribution in [-0.2, 0) is 11.3 Å². The Kier molecular flexibility index (Phi) is 5.21. The van der Waals surface area contributed by atoms with Crippen LogP contribution in [0.3, 0.4) is 0 Å². The Labute approximate surface area is 117 Å². The van der Waals surface area contributed by atoms with Crippen LogP contribution in [0.1, 0.15) is 44.8 Å². The van der Waals surface area contributed by atoms with E-state index in [0.29, 0.717) is 0 Å². The summed E-state index contributed by atoms with van der Waals surface area (Å²) in [4.78, 5) is 0. The van der Waals surface area contributed by atoms with Gasteiger partial charge in [-0.3, -0.25) is 4.68 Å². The van der Waals surface area contributed by atoms with Gasteiger partial charge in [0.1, 0.15) is 0 Å². The molecule has 1 N–H and O–H groups in total. The Morgan fingerprint density at radius 1 is 1.56 bits per heavy atom. The number of ether oxygens (including phenoxy) is 1. The zero-order valence-corrected chi connectivity index (χ0v) is 12.7. The van der Waals surface area contributed by atoms with Crippen molar-refractivity contribution in [2.45, 2.75) is 51.8 Å². The van der Waals surface area contributed by atoms with E-state index < -0.39 is 0 Å². The molecule has 0 aromatic carbocycles. The molecule has 2 unspecified atom stereocenters. The molecule has 2 heterocycles. The predicted molar refractivity (Wildman–Crippen MR) is 75.6 cm³/mol. The van der Waals surface area contributed by atoms with Gasteiger partial charge in [0.25, 0.3) is 0 Å². The first-order chi connectivity index (χ1) is 8.77. The highest BCUT2D eigenvalue weighted by atomic mass is 79.9. The summed E-state index contributed by atoms with van der Waals surface area (Å²) in [6.45, 7) is 6.95. The molecule has 18 heavy (non-hydrogen) atoms. The Balaban J connectivity index is 2.24. The lowest BCUT2D eigenvalue weighted by atomic mass is 9.99. The first kappa shape index (κ1) is 14.0. The van der Waals surface area contributed by atoms with Crippen LogP contribution in [-0.4, -0.2) is 29.0 Å². The molecule has 2 atom stereocenters. The van der Waals surface area contributed by atoms with Crippen LogP contribution in [0.25, 0.3) is 0 Å². The zero-order valence-electron chi connectivity index (χ0n) is 11.2. The third-order valence-electron chi connectivity index (χ3n) is 3.44. The standard InChI is InChI=1S/C13H22BrN3O/c1-3-15-12(11-7-5-6-8-18-11)13-10(14)9-16-17(13)4-2/h9,11-12,15H,3-8H2,1-2H3. The van der Waals surface area contributed by atoms with Crippen molar-refractivity contribution in [1.82, 2.24) is 15.1 Å². The van der Waals surface area contributed by atoms with Crippen molar-refractivity contribution < 1.29 is 4.74 Å². The fourth-order valence-corrected chi connectivity index (χ4v) is 3.13. The molecule has 102 valence electrons. The minimum absolute atomic E-state index is 0.229. The number of halogens is 1. The summed E-state index contributed by atoms with van der Waals surface area (Å²) < 4.78 is 9.07. The number of aromatic nitrogens is 2. The molecule has 0 spiro atoms. The van der Waals surface area contributed by atoms with Crippen molar-refractivity contribution in [1.29, 1.82) is 0 Å². The molecule has 0 amide bonds. The second kappa shape index (κ2) is 6.68. The lowest BCUT2D eigenvalue weighted by Gasteiger charge is -2.31. The fourth-order valence-electron chi connectivity index (χ4n) is 2.59. The number of likely N-dealkylation sites (N-methyl/N-ethyl adjacent to an activating group) is 1. The van der Waals surface area contributed by atoms with E-state index in [9.17, 15) is 0 Å². The van der Waals surface area contributed by atoms with Crippen molar-refractivity contribution in [3.8, 4) is 0 Å². The lowest BCUT2D eigenvalue weighted by molar-refractivity contribution is -0.00979. The number of aryl methyl sites for hydroxylation is 1. The Hall–Kier alpha value is -0.390. The maximum absolute atomic E-state index is 5.95. The minimum Gasteiger partial charge on any atom is -0.376 e. The first-order valence-electron chi connectivity index (χ1n) is 6.84. The third kappa shape index (κ3) is 2.95. The molecule has 5 heteroatoms. The molecule has 1 aliphatic rings. The van der Waals surface area contributed by atoms with Gasteiger partial charge in [0.15, 0.2) is 0 Å². The van der Waals surface area contributed by atoms with Crippen LogP contribution >= 0.6 is 15.9 Å². The Morgan fingerprint density at radius 2 is 2.39 bits per heavy atom. The average Bonchev–Trinajstić information content (AvgIpc) is 2.78. The summed E-state index contributed by atoms with van der Waals surface area (Å²) in [7, 11) is 0. The van der Waals surface area contributed by atoms with E-state index in [-0.39, 0.29) is 12.1 Å². The van der Waals surface area contributed by atoms with E-state index in [2.05, 4.69) is 44.9 Å². The van der Waals surface area contributed by atoms with Gasteiger partial charge in [0.05, 0.1) is 28.5 Å². The third-order valence-corrected chi connectivity index (χ3v) is 4.05. The number of hydrogen-bond acceptors (Lipinski definition) is 3. The summed E-state index contributed by atoms with van der Waals surface area (Å²) in [5.41, 5.74) is 1.21. The molecule has 0 bridgehead atoms. The SMILES string of the molecule is CCNC(c1c(Br)cnn1CC)C1CCCCO1. The molecule has 1 fully saturated rings. The maximum Gasteiger partial charge on any atom is 0.0785 e. The molecule has 1 aromatic heterocycles. The highest BCUT2D eigenvalue weighted by Crippen LogP contribution is 2.31. The zero-order chi connectivity index (χ0) is 13.0. The van der Waals surface area contributed by atoms with Crippen LogP contribution in [0, 0.1) is 0 Å². The number of rotatable bonds is 5. The summed E-state index contributed by atoms with van der Waals surface area (Å²) in [6.07, 6.45) is 5.70. The lowest BCUT2D eigenvalue weighted by Crippen LogP contribution is -2.37. The van der Waals surface area contributed by atoms with Crippen LogP contribution in [0.5, 0.6) is 0 Å². The second-order valence-corrected chi connectivity index (χ2v) is 5.49. The Morgan fingerprint density at radius 3 is 3.00 bits per heavy atom. The number of nitrogens with zero attached hydrogens (tertiary/aromatic N) is 2. The molecular formula is C13H22BrN3O. The molecule has 0 aliphatic carbocycles. The smallest absolute Gasteiger partial charge is 0.0785 e. The largest absolute Gasteiger partial charge is 0.376 e. The summed E-state index contributed by atoms with van der Waals surface area (Å²) in [5.74, 6) is 0. The van der Waals surface area contributed by atoms with Crippen molar-refractivity contribution >= 4 is 15.9 Å². The Bertz CT molecular complexity index is 374. The molecule has 1 aliphatic heterocycles. The van der Waals surface area contributed by atoms with Crippen LogP contribution < -0.4 is 5.32 Å². The van der Waals surface area contributed by atoms with Gasteiger partial charge in [-0.15, -0.1) is 0 Å². The quantitative estimate of drug-likeness (QED) is 0.908. The van der Waals surface area contributed by atoms with Crippen molar-refractivity contribution in [3.63, 3.8) is 0 Å². The molecule has 0 radical (unpaired) electrons. The topological polar surface area (TPSA) is 39.1 Å². The summed E-state index contributed by atoms with van der Waals surface area (Å²) in [5, 5.41) is 7.96. The second-order valence-electron chi connectivity index (χ2n) is 4.63. The first-order valence-corrected chi connectivity index (χ1v) is 7.63. The van der Waals surface area contributed by atoms with E-state index in [0.717, 1.165) is 30.6 Å². The highest BCUT2D eigenvalue weighted by Gasteiger charge is 2.29. The average molecular weight is 316 g/mol.